The first-order valence-electron chi connectivity index (χ1n) is 9.15. The number of hydrogen-bond donors (Lipinski definition) is 2. The van der Waals surface area contributed by atoms with Crippen LogP contribution in [0.15, 0.2) is 40.3 Å². The highest BCUT2D eigenvalue weighted by Crippen LogP contribution is 2.15. The Morgan fingerprint density at radius 2 is 2.22 bits per heavy atom. The van der Waals surface area contributed by atoms with Crippen LogP contribution in [0.1, 0.15) is 23.5 Å². The molecule has 1 fully saturated rings. The van der Waals surface area contributed by atoms with Gasteiger partial charge >= 0.3 is 6.03 Å². The number of thiophene rings is 1. The maximum Gasteiger partial charge on any atom is 0.321 e. The lowest BCUT2D eigenvalue weighted by atomic mass is 10.2. The van der Waals surface area contributed by atoms with Crippen LogP contribution in [0, 0.1) is 0 Å². The summed E-state index contributed by atoms with van der Waals surface area (Å²) in [6, 6.07) is 7.23. The molecule has 8 heteroatoms. The van der Waals surface area contributed by atoms with Crippen molar-refractivity contribution < 1.29 is 18.7 Å². The smallest absolute Gasteiger partial charge is 0.321 e. The lowest BCUT2D eigenvalue weighted by Crippen LogP contribution is -2.46. The molecule has 3 rings (SSSR count). The molecule has 3 heterocycles. The highest BCUT2D eigenvalue weighted by Gasteiger charge is 2.22. The van der Waals surface area contributed by atoms with E-state index in [-0.39, 0.29) is 18.6 Å². The minimum absolute atomic E-state index is 0.110. The lowest BCUT2D eigenvalue weighted by Gasteiger charge is -2.23. The highest BCUT2D eigenvalue weighted by molar-refractivity contribution is 7.09. The monoisotopic (exact) mass is 391 g/mol. The van der Waals surface area contributed by atoms with Crippen LogP contribution in [-0.4, -0.2) is 49.2 Å². The van der Waals surface area contributed by atoms with E-state index in [2.05, 4.69) is 10.6 Å². The molecule has 2 aromatic rings. The molecule has 0 bridgehead atoms. The van der Waals surface area contributed by atoms with Gasteiger partial charge < -0.3 is 14.5 Å². The molecule has 1 aliphatic rings. The molecule has 1 aliphatic heterocycles. The Bertz CT molecular complexity index is 697. The number of furan rings is 1. The number of carbonyl (C=O) groups excluding carboxylic acids is 2. The largest absolute Gasteiger partial charge is 0.468 e. The topological polar surface area (TPSA) is 83.8 Å². The molecule has 1 atom stereocenters. The van der Waals surface area contributed by atoms with Crippen molar-refractivity contribution in [2.75, 3.05) is 26.2 Å². The number of ether oxygens (including phenoxy) is 1. The molecule has 2 aromatic heterocycles. The Kier molecular flexibility index (Phi) is 7.44. The number of carbonyl (C=O) groups is 2. The Hall–Kier alpha value is -2.16. The van der Waals surface area contributed by atoms with Crippen molar-refractivity contribution in [1.29, 1.82) is 0 Å². The molecular formula is C19H25N3O4S. The number of nitrogens with one attached hydrogen (secondary N) is 2. The molecule has 2 N–H and O–H groups in total. The second-order valence-corrected chi connectivity index (χ2v) is 7.55. The summed E-state index contributed by atoms with van der Waals surface area (Å²) in [5, 5.41) is 7.11. The second kappa shape index (κ2) is 10.2. The molecular weight excluding hydrogens is 366 g/mol. The van der Waals surface area contributed by atoms with E-state index in [1.807, 2.05) is 34.5 Å². The van der Waals surface area contributed by atoms with Crippen LogP contribution in [0.5, 0.6) is 0 Å². The molecule has 0 radical (unpaired) electrons. The van der Waals surface area contributed by atoms with E-state index in [4.69, 9.17) is 9.15 Å². The zero-order valence-corrected chi connectivity index (χ0v) is 16.0. The molecule has 0 spiro atoms. The molecule has 27 heavy (non-hydrogen) atoms. The molecule has 3 amide bonds. The summed E-state index contributed by atoms with van der Waals surface area (Å²) in [5.41, 5.74) is 0. The van der Waals surface area contributed by atoms with Gasteiger partial charge in [-0.2, -0.15) is 0 Å². The van der Waals surface area contributed by atoms with Crippen molar-refractivity contribution in [3.63, 3.8) is 0 Å². The number of amides is 3. The maximum absolute atomic E-state index is 12.3. The average Bonchev–Trinajstić information content (AvgIpc) is 3.38. The Morgan fingerprint density at radius 3 is 2.93 bits per heavy atom. The minimum atomic E-state index is -0.466. The van der Waals surface area contributed by atoms with Gasteiger partial charge in [0.2, 0.25) is 5.91 Å². The minimum Gasteiger partial charge on any atom is -0.468 e. The Labute approximate surface area is 162 Å². The second-order valence-electron chi connectivity index (χ2n) is 6.52. The number of hydrogen-bond acceptors (Lipinski definition) is 6. The van der Waals surface area contributed by atoms with Crippen LogP contribution in [0.3, 0.4) is 0 Å². The highest BCUT2D eigenvalue weighted by atomic mass is 32.1. The standard InChI is InChI=1S/C19H25N3O4S/c23-18(21-19(24)20-8-7-17-6-3-11-27-17)14-22(12-15-4-1-9-25-15)13-16-5-2-10-26-16/h1,3-4,6,9,11,16H,2,5,7-8,10,12-14H2,(H2,20,21,23,24). The van der Waals surface area contributed by atoms with Gasteiger partial charge in [-0.1, -0.05) is 6.07 Å². The molecule has 1 saturated heterocycles. The van der Waals surface area contributed by atoms with Crippen LogP contribution < -0.4 is 10.6 Å². The van der Waals surface area contributed by atoms with Crippen molar-refractivity contribution in [1.82, 2.24) is 15.5 Å². The summed E-state index contributed by atoms with van der Waals surface area (Å²) < 4.78 is 11.1. The van der Waals surface area contributed by atoms with Crippen molar-refractivity contribution >= 4 is 23.3 Å². The number of imide groups is 1. The van der Waals surface area contributed by atoms with Gasteiger partial charge in [0.05, 0.1) is 25.5 Å². The van der Waals surface area contributed by atoms with Crippen molar-refractivity contribution in [2.24, 2.45) is 0 Å². The maximum atomic E-state index is 12.3. The van der Waals surface area contributed by atoms with Crippen LogP contribution in [0.4, 0.5) is 4.79 Å². The van der Waals surface area contributed by atoms with Gasteiger partial charge in [-0.05, 0) is 42.8 Å². The Morgan fingerprint density at radius 1 is 1.30 bits per heavy atom. The molecule has 0 aliphatic carbocycles. The summed E-state index contributed by atoms with van der Waals surface area (Å²) in [4.78, 5) is 27.3. The van der Waals surface area contributed by atoms with Gasteiger partial charge in [-0.25, -0.2) is 4.79 Å². The first-order valence-corrected chi connectivity index (χ1v) is 10.0. The molecule has 7 nitrogen and oxygen atoms in total. The molecule has 0 aromatic carbocycles. The predicted octanol–water partition coefficient (Wildman–Crippen LogP) is 2.39. The van der Waals surface area contributed by atoms with Gasteiger partial charge in [0.15, 0.2) is 0 Å². The fraction of sp³-hybridized carbons (Fsp3) is 0.474. The quantitative estimate of drug-likeness (QED) is 0.686. The van der Waals surface area contributed by atoms with E-state index in [1.165, 1.54) is 4.88 Å². The molecule has 0 saturated carbocycles. The van der Waals surface area contributed by atoms with Crippen LogP contribution in [0.2, 0.25) is 0 Å². The number of rotatable bonds is 9. The van der Waals surface area contributed by atoms with Crippen molar-refractivity contribution in [3.05, 3.63) is 46.5 Å². The summed E-state index contributed by atoms with van der Waals surface area (Å²) in [6.07, 6.45) is 4.51. The van der Waals surface area contributed by atoms with Crippen LogP contribution in [0.25, 0.3) is 0 Å². The fourth-order valence-electron chi connectivity index (χ4n) is 3.05. The molecule has 146 valence electrons. The third-order valence-electron chi connectivity index (χ3n) is 4.30. The molecule has 1 unspecified atom stereocenters. The van der Waals surface area contributed by atoms with Gasteiger partial charge in [0, 0.05) is 24.6 Å². The van der Waals surface area contributed by atoms with Crippen molar-refractivity contribution in [3.8, 4) is 0 Å². The first kappa shape index (κ1) is 19.6. The number of nitrogens with zero attached hydrogens (tertiary/aromatic N) is 1. The summed E-state index contributed by atoms with van der Waals surface area (Å²) in [6.45, 7) is 2.50. The van der Waals surface area contributed by atoms with Gasteiger partial charge in [0.25, 0.3) is 0 Å². The van der Waals surface area contributed by atoms with Crippen LogP contribution in [-0.2, 0) is 22.5 Å². The zero-order chi connectivity index (χ0) is 18.9. The van der Waals surface area contributed by atoms with Gasteiger partial charge in [-0.3, -0.25) is 15.0 Å². The lowest BCUT2D eigenvalue weighted by molar-refractivity contribution is -0.121. The summed E-state index contributed by atoms with van der Waals surface area (Å²) >= 11 is 1.65. The normalized spacial score (nSPS) is 16.6. The van der Waals surface area contributed by atoms with E-state index in [0.717, 1.165) is 31.6 Å². The van der Waals surface area contributed by atoms with E-state index < -0.39 is 6.03 Å². The number of urea groups is 1. The van der Waals surface area contributed by atoms with E-state index in [0.29, 0.717) is 19.6 Å². The van der Waals surface area contributed by atoms with Gasteiger partial charge in [0.1, 0.15) is 5.76 Å². The zero-order valence-electron chi connectivity index (χ0n) is 15.2. The van der Waals surface area contributed by atoms with Crippen LogP contribution >= 0.6 is 11.3 Å². The van der Waals surface area contributed by atoms with Gasteiger partial charge in [-0.15, -0.1) is 11.3 Å². The average molecular weight is 391 g/mol. The van der Waals surface area contributed by atoms with Crippen molar-refractivity contribution in [2.45, 2.75) is 31.9 Å². The summed E-state index contributed by atoms with van der Waals surface area (Å²) in [7, 11) is 0. The Balaban J connectivity index is 1.43. The third kappa shape index (κ3) is 6.82. The third-order valence-corrected chi connectivity index (χ3v) is 5.24. The van der Waals surface area contributed by atoms with E-state index in [1.54, 1.807) is 17.6 Å². The van der Waals surface area contributed by atoms with E-state index >= 15 is 0 Å². The van der Waals surface area contributed by atoms with E-state index in [9.17, 15) is 9.59 Å². The first-order chi connectivity index (χ1) is 13.2. The fourth-order valence-corrected chi connectivity index (χ4v) is 3.76. The predicted molar refractivity (Wildman–Crippen MR) is 103 cm³/mol. The summed E-state index contributed by atoms with van der Waals surface area (Å²) in [5.74, 6) is 0.439. The SMILES string of the molecule is O=C(CN(Cc1ccco1)CC1CCCO1)NC(=O)NCCc1cccs1.